The summed E-state index contributed by atoms with van der Waals surface area (Å²) in [4.78, 5) is 0.177. The molecule has 0 aliphatic carbocycles. The summed E-state index contributed by atoms with van der Waals surface area (Å²) in [7, 11) is 1.03. The molecule has 134 valence electrons. The third-order valence-electron chi connectivity index (χ3n) is 3.35. The molecule has 2 aromatic rings. The fourth-order valence-corrected chi connectivity index (χ4v) is 2.98. The van der Waals surface area contributed by atoms with Crippen LogP contribution in [0.2, 0.25) is 0 Å². The number of benzene rings is 2. The zero-order valence-electron chi connectivity index (χ0n) is 14.0. The van der Waals surface area contributed by atoms with Crippen molar-refractivity contribution >= 4 is 38.7 Å². The molecule has 0 unspecified atom stereocenters. The molecular formula is C16H19N3O4S2. The summed E-state index contributed by atoms with van der Waals surface area (Å²) in [5.41, 5.74) is 1.33. The van der Waals surface area contributed by atoms with Crippen molar-refractivity contribution in [2.45, 2.75) is 4.90 Å². The van der Waals surface area contributed by atoms with Crippen molar-refractivity contribution in [1.29, 1.82) is 0 Å². The van der Waals surface area contributed by atoms with E-state index in [2.05, 4.69) is 15.4 Å². The third-order valence-corrected chi connectivity index (χ3v) is 4.98. The van der Waals surface area contributed by atoms with Crippen LogP contribution in [-0.2, 0) is 10.0 Å². The number of methoxy groups -OCH3 is 2. The van der Waals surface area contributed by atoms with E-state index in [4.69, 9.17) is 21.7 Å². The fourth-order valence-electron chi connectivity index (χ4n) is 2.02. The minimum atomic E-state index is -3.46. The first kappa shape index (κ1) is 19.0. The maximum Gasteiger partial charge on any atom is 0.240 e. The molecule has 0 atom stereocenters. The lowest BCUT2D eigenvalue weighted by atomic mass is 10.2. The zero-order chi connectivity index (χ0) is 18.4. The SMILES string of the molecule is CNS(=O)(=O)c1ccc(NC(=S)Nc2ccc(OC)cc2OC)cc1. The summed E-state index contributed by atoms with van der Waals surface area (Å²) >= 11 is 5.28. The van der Waals surface area contributed by atoms with Gasteiger partial charge in [0.05, 0.1) is 24.8 Å². The van der Waals surface area contributed by atoms with Gasteiger partial charge >= 0.3 is 0 Å². The second kappa shape index (κ2) is 8.15. The number of rotatable bonds is 6. The molecule has 0 radical (unpaired) electrons. The first-order valence-corrected chi connectivity index (χ1v) is 9.12. The largest absolute Gasteiger partial charge is 0.497 e. The van der Waals surface area contributed by atoms with Gasteiger partial charge < -0.3 is 20.1 Å². The van der Waals surface area contributed by atoms with E-state index in [0.29, 0.717) is 28.0 Å². The van der Waals surface area contributed by atoms with E-state index in [9.17, 15) is 8.42 Å². The van der Waals surface area contributed by atoms with E-state index in [-0.39, 0.29) is 4.90 Å². The summed E-state index contributed by atoms with van der Waals surface area (Å²) < 4.78 is 36.1. The molecule has 0 spiro atoms. The molecule has 3 N–H and O–H groups in total. The summed E-state index contributed by atoms with van der Waals surface area (Å²) in [5, 5.41) is 6.35. The Morgan fingerprint density at radius 1 is 1.00 bits per heavy atom. The van der Waals surface area contributed by atoms with E-state index in [1.54, 1.807) is 44.6 Å². The number of ether oxygens (including phenoxy) is 2. The van der Waals surface area contributed by atoms with Crippen LogP contribution in [0, 0.1) is 0 Å². The Bertz CT molecular complexity index is 852. The zero-order valence-corrected chi connectivity index (χ0v) is 15.6. The summed E-state index contributed by atoms with van der Waals surface area (Å²) in [6.45, 7) is 0. The number of thiocarbonyl (C=S) groups is 1. The number of hydrogen-bond donors (Lipinski definition) is 3. The number of hydrogen-bond acceptors (Lipinski definition) is 5. The Morgan fingerprint density at radius 3 is 2.24 bits per heavy atom. The Labute approximate surface area is 152 Å². The van der Waals surface area contributed by atoms with Crippen molar-refractivity contribution in [2.24, 2.45) is 0 Å². The van der Waals surface area contributed by atoms with Crippen LogP contribution in [0.3, 0.4) is 0 Å². The molecule has 0 amide bonds. The van der Waals surface area contributed by atoms with Gasteiger partial charge in [0, 0.05) is 11.8 Å². The van der Waals surface area contributed by atoms with Crippen LogP contribution in [0.4, 0.5) is 11.4 Å². The van der Waals surface area contributed by atoms with Gasteiger partial charge in [-0.05, 0) is 55.7 Å². The van der Waals surface area contributed by atoms with Crippen LogP contribution in [0.15, 0.2) is 47.4 Å². The normalized spacial score (nSPS) is 10.8. The van der Waals surface area contributed by atoms with Crippen molar-refractivity contribution in [3.05, 3.63) is 42.5 Å². The predicted molar refractivity (Wildman–Crippen MR) is 102 cm³/mol. The van der Waals surface area contributed by atoms with Crippen molar-refractivity contribution in [2.75, 3.05) is 31.9 Å². The molecule has 2 aromatic carbocycles. The highest BCUT2D eigenvalue weighted by Crippen LogP contribution is 2.29. The standard InChI is InChI=1S/C16H19N3O4S2/c1-17-25(20,21)13-7-4-11(5-8-13)18-16(24)19-14-9-6-12(22-2)10-15(14)23-3/h4-10,17H,1-3H3,(H2,18,19,24). The Balaban J connectivity index is 2.08. The first-order chi connectivity index (χ1) is 11.9. The minimum absolute atomic E-state index is 0.177. The van der Waals surface area contributed by atoms with Crippen LogP contribution in [0.5, 0.6) is 11.5 Å². The predicted octanol–water partition coefficient (Wildman–Crippen LogP) is 2.42. The number of nitrogens with one attached hydrogen (secondary N) is 3. The monoisotopic (exact) mass is 381 g/mol. The first-order valence-electron chi connectivity index (χ1n) is 7.23. The van der Waals surface area contributed by atoms with Crippen LogP contribution in [0.25, 0.3) is 0 Å². The van der Waals surface area contributed by atoms with Crippen molar-refractivity contribution in [3.63, 3.8) is 0 Å². The highest BCUT2D eigenvalue weighted by molar-refractivity contribution is 7.89. The molecule has 0 bridgehead atoms. The molecular weight excluding hydrogens is 362 g/mol. The summed E-state index contributed by atoms with van der Waals surface area (Å²) in [6.07, 6.45) is 0. The van der Waals surface area contributed by atoms with Gasteiger partial charge in [-0.25, -0.2) is 13.1 Å². The molecule has 0 fully saturated rings. The lowest BCUT2D eigenvalue weighted by Gasteiger charge is -2.14. The van der Waals surface area contributed by atoms with Gasteiger partial charge in [0.2, 0.25) is 10.0 Å². The molecule has 0 heterocycles. The van der Waals surface area contributed by atoms with Gasteiger partial charge in [0.15, 0.2) is 5.11 Å². The fraction of sp³-hybridized carbons (Fsp3) is 0.188. The highest BCUT2D eigenvalue weighted by atomic mass is 32.2. The van der Waals surface area contributed by atoms with Crippen LogP contribution in [-0.4, -0.2) is 34.8 Å². The van der Waals surface area contributed by atoms with E-state index < -0.39 is 10.0 Å². The quantitative estimate of drug-likeness (QED) is 0.662. The maximum absolute atomic E-state index is 11.7. The second-order valence-corrected chi connectivity index (χ2v) is 7.17. The van der Waals surface area contributed by atoms with Crippen molar-refractivity contribution in [1.82, 2.24) is 4.72 Å². The molecule has 0 aromatic heterocycles. The van der Waals surface area contributed by atoms with Gasteiger partial charge in [-0.15, -0.1) is 0 Å². The smallest absolute Gasteiger partial charge is 0.240 e. The minimum Gasteiger partial charge on any atom is -0.497 e. The second-order valence-electron chi connectivity index (χ2n) is 4.88. The van der Waals surface area contributed by atoms with Gasteiger partial charge in [-0.2, -0.15) is 0 Å². The molecule has 0 saturated heterocycles. The van der Waals surface area contributed by atoms with E-state index in [1.807, 2.05) is 0 Å². The Hall–Kier alpha value is -2.36. The lowest BCUT2D eigenvalue weighted by Crippen LogP contribution is -2.20. The maximum atomic E-state index is 11.7. The van der Waals surface area contributed by atoms with Crippen LogP contribution >= 0.6 is 12.2 Å². The van der Waals surface area contributed by atoms with E-state index in [0.717, 1.165) is 0 Å². The van der Waals surface area contributed by atoms with Crippen LogP contribution in [0.1, 0.15) is 0 Å². The van der Waals surface area contributed by atoms with Gasteiger partial charge in [-0.3, -0.25) is 0 Å². The van der Waals surface area contributed by atoms with Gasteiger partial charge in [0.1, 0.15) is 11.5 Å². The molecule has 7 nitrogen and oxygen atoms in total. The molecule has 9 heteroatoms. The van der Waals surface area contributed by atoms with Gasteiger partial charge in [-0.1, -0.05) is 0 Å². The molecule has 0 saturated carbocycles. The molecule has 2 rings (SSSR count). The molecule has 25 heavy (non-hydrogen) atoms. The lowest BCUT2D eigenvalue weighted by molar-refractivity contribution is 0.395. The average Bonchev–Trinajstić information content (AvgIpc) is 2.62. The van der Waals surface area contributed by atoms with E-state index >= 15 is 0 Å². The molecule has 0 aliphatic rings. The highest BCUT2D eigenvalue weighted by Gasteiger charge is 2.11. The number of sulfonamides is 1. The topological polar surface area (TPSA) is 88.7 Å². The number of anilines is 2. The Morgan fingerprint density at radius 2 is 1.68 bits per heavy atom. The average molecular weight is 381 g/mol. The van der Waals surface area contributed by atoms with Crippen LogP contribution < -0.4 is 24.8 Å². The van der Waals surface area contributed by atoms with Gasteiger partial charge in [0.25, 0.3) is 0 Å². The van der Waals surface area contributed by atoms with E-state index in [1.165, 1.54) is 19.2 Å². The summed E-state index contributed by atoms with van der Waals surface area (Å²) in [6, 6.07) is 11.5. The molecule has 0 aliphatic heterocycles. The van der Waals surface area contributed by atoms with Crippen molar-refractivity contribution < 1.29 is 17.9 Å². The summed E-state index contributed by atoms with van der Waals surface area (Å²) in [5.74, 6) is 1.25. The third kappa shape index (κ3) is 4.81. The van der Waals surface area contributed by atoms with Crippen molar-refractivity contribution in [3.8, 4) is 11.5 Å². The Kier molecular flexibility index (Phi) is 6.18.